The molecule has 31 heavy (non-hydrogen) atoms. The van der Waals surface area contributed by atoms with Crippen molar-refractivity contribution in [3.63, 3.8) is 0 Å². The molecule has 5 nitrogen and oxygen atoms in total. The molecular weight excluding hydrogens is 433 g/mol. The van der Waals surface area contributed by atoms with Gasteiger partial charge in [0.15, 0.2) is 17.1 Å². The van der Waals surface area contributed by atoms with Crippen molar-refractivity contribution in [2.45, 2.75) is 52.4 Å². The predicted molar refractivity (Wildman–Crippen MR) is 111 cm³/mol. The van der Waals surface area contributed by atoms with Crippen molar-refractivity contribution in [1.29, 1.82) is 0 Å². The summed E-state index contributed by atoms with van der Waals surface area (Å²) >= 11 is 5.80. The van der Waals surface area contributed by atoms with E-state index in [1.54, 1.807) is 18.2 Å². The standard InChI is InChI=1S/C22H24ClF3N2O3/c1-21(2,3)11-20(29)28(12-14-5-4-6-15(9-14)22(24,25)26)13-16-10-17(27-31-16)18-7-8-19(23)30-18/h4-9,16H,10-13H2,1-3H3/t16-/m0/s1. The number of carbonyl (C=O) groups is 1. The molecule has 0 saturated carbocycles. The Labute approximate surface area is 183 Å². The second-order valence-corrected chi connectivity index (χ2v) is 9.16. The highest BCUT2D eigenvalue weighted by atomic mass is 35.5. The molecule has 0 N–H and O–H groups in total. The fourth-order valence-electron chi connectivity index (χ4n) is 3.27. The first-order chi connectivity index (χ1) is 14.4. The summed E-state index contributed by atoms with van der Waals surface area (Å²) < 4.78 is 44.6. The molecular formula is C22H24ClF3N2O3. The molecule has 0 radical (unpaired) electrons. The van der Waals surface area contributed by atoms with Crippen LogP contribution in [-0.2, 0) is 22.4 Å². The fraction of sp³-hybridized carbons (Fsp3) is 0.455. The highest BCUT2D eigenvalue weighted by Gasteiger charge is 2.32. The number of hydrogen-bond donors (Lipinski definition) is 0. The topological polar surface area (TPSA) is 55.0 Å². The Balaban J connectivity index is 1.74. The molecule has 0 aliphatic carbocycles. The van der Waals surface area contributed by atoms with Crippen molar-refractivity contribution < 1.29 is 27.2 Å². The number of halogens is 4. The van der Waals surface area contributed by atoms with Crippen molar-refractivity contribution in [1.82, 2.24) is 4.90 Å². The maximum absolute atomic E-state index is 13.1. The Hall–Kier alpha value is -2.48. The number of carbonyl (C=O) groups excluding carboxylic acids is 1. The number of alkyl halides is 3. The molecule has 0 fully saturated rings. The Morgan fingerprint density at radius 1 is 1.23 bits per heavy atom. The lowest BCUT2D eigenvalue weighted by Gasteiger charge is -2.28. The maximum Gasteiger partial charge on any atom is 0.416 e. The van der Waals surface area contributed by atoms with Crippen molar-refractivity contribution in [2.24, 2.45) is 10.6 Å². The van der Waals surface area contributed by atoms with E-state index in [1.807, 2.05) is 20.8 Å². The van der Waals surface area contributed by atoms with Crippen LogP contribution in [0.25, 0.3) is 0 Å². The minimum Gasteiger partial charge on any atom is -0.443 e. The van der Waals surface area contributed by atoms with Crippen LogP contribution in [0.1, 0.15) is 50.5 Å². The molecule has 0 bridgehead atoms. The molecule has 1 aliphatic rings. The number of hydrogen-bond acceptors (Lipinski definition) is 4. The van der Waals surface area contributed by atoms with Crippen LogP contribution in [0.2, 0.25) is 5.22 Å². The van der Waals surface area contributed by atoms with Gasteiger partial charge in [-0.25, -0.2) is 0 Å². The molecule has 1 aromatic heterocycles. The zero-order chi connectivity index (χ0) is 22.8. The summed E-state index contributed by atoms with van der Waals surface area (Å²) in [6.07, 6.45) is -4.24. The Morgan fingerprint density at radius 3 is 2.58 bits per heavy atom. The lowest BCUT2D eigenvalue weighted by Crippen LogP contribution is -2.38. The molecule has 2 heterocycles. The number of rotatable bonds is 6. The number of furan rings is 1. The van der Waals surface area contributed by atoms with Gasteiger partial charge in [-0.1, -0.05) is 38.1 Å². The van der Waals surface area contributed by atoms with Gasteiger partial charge in [0.25, 0.3) is 0 Å². The van der Waals surface area contributed by atoms with Crippen LogP contribution in [0, 0.1) is 5.41 Å². The van der Waals surface area contributed by atoms with Crippen LogP contribution in [-0.4, -0.2) is 29.2 Å². The Bertz CT molecular complexity index is 963. The molecule has 2 aromatic rings. The molecule has 0 spiro atoms. The van der Waals surface area contributed by atoms with Gasteiger partial charge >= 0.3 is 6.18 Å². The third-order valence-electron chi connectivity index (χ3n) is 4.68. The summed E-state index contributed by atoms with van der Waals surface area (Å²) in [5.41, 5.74) is -0.0504. The molecule has 0 unspecified atom stereocenters. The quantitative estimate of drug-likeness (QED) is 0.543. The SMILES string of the molecule is CC(C)(C)CC(=O)N(Cc1cccc(C(F)(F)F)c1)C[C@@H]1CC(c2ccc(Cl)o2)=NO1. The largest absolute Gasteiger partial charge is 0.443 e. The minimum atomic E-state index is -4.45. The molecule has 0 saturated heterocycles. The molecule has 1 aliphatic heterocycles. The molecule has 1 amide bonds. The monoisotopic (exact) mass is 456 g/mol. The summed E-state index contributed by atoms with van der Waals surface area (Å²) in [5.74, 6) is 0.320. The van der Waals surface area contributed by atoms with Crippen LogP contribution in [0.4, 0.5) is 13.2 Å². The van der Waals surface area contributed by atoms with E-state index >= 15 is 0 Å². The second-order valence-electron chi connectivity index (χ2n) is 8.78. The third-order valence-corrected chi connectivity index (χ3v) is 4.88. The smallest absolute Gasteiger partial charge is 0.416 e. The molecule has 9 heteroatoms. The predicted octanol–water partition coefficient (Wildman–Crippen LogP) is 5.91. The lowest BCUT2D eigenvalue weighted by atomic mass is 9.91. The molecule has 1 aromatic carbocycles. The Morgan fingerprint density at radius 2 is 1.97 bits per heavy atom. The van der Waals surface area contributed by atoms with Crippen LogP contribution in [0.3, 0.4) is 0 Å². The Kier molecular flexibility index (Phi) is 6.69. The third kappa shape index (κ3) is 6.50. The summed E-state index contributed by atoms with van der Waals surface area (Å²) in [7, 11) is 0. The van der Waals surface area contributed by atoms with Crippen LogP contribution >= 0.6 is 11.6 Å². The molecule has 168 valence electrons. The van der Waals surface area contributed by atoms with E-state index in [0.717, 1.165) is 12.1 Å². The van der Waals surface area contributed by atoms with E-state index in [1.165, 1.54) is 11.0 Å². The molecule has 1 atom stereocenters. The van der Waals surface area contributed by atoms with Crippen LogP contribution < -0.4 is 0 Å². The summed E-state index contributed by atoms with van der Waals surface area (Å²) in [6.45, 7) is 6.02. The van der Waals surface area contributed by atoms with Crippen molar-refractivity contribution in [2.75, 3.05) is 6.54 Å². The normalized spacial score (nSPS) is 16.7. The van der Waals surface area contributed by atoms with E-state index in [2.05, 4.69) is 5.16 Å². The van der Waals surface area contributed by atoms with E-state index < -0.39 is 17.8 Å². The first-order valence-corrected chi connectivity index (χ1v) is 10.2. The van der Waals surface area contributed by atoms with Gasteiger partial charge in [0.05, 0.1) is 12.1 Å². The number of oxime groups is 1. The van der Waals surface area contributed by atoms with Crippen LogP contribution in [0.5, 0.6) is 0 Å². The van der Waals surface area contributed by atoms with E-state index in [-0.39, 0.29) is 36.1 Å². The maximum atomic E-state index is 13.1. The van der Waals surface area contributed by atoms with E-state index in [0.29, 0.717) is 23.5 Å². The number of nitrogens with zero attached hydrogens (tertiary/aromatic N) is 2. The van der Waals surface area contributed by atoms with Crippen LogP contribution in [0.15, 0.2) is 46.0 Å². The van der Waals surface area contributed by atoms with Crippen molar-refractivity contribution >= 4 is 23.2 Å². The average Bonchev–Trinajstić information content (AvgIpc) is 3.28. The van der Waals surface area contributed by atoms with Gasteiger partial charge in [-0.15, -0.1) is 0 Å². The first kappa shape index (κ1) is 23.2. The minimum absolute atomic E-state index is 0.0423. The van der Waals surface area contributed by atoms with Gasteiger partial charge in [0.1, 0.15) is 5.71 Å². The first-order valence-electron chi connectivity index (χ1n) is 9.83. The van der Waals surface area contributed by atoms with Gasteiger partial charge in [-0.3, -0.25) is 4.79 Å². The summed E-state index contributed by atoms with van der Waals surface area (Å²) in [6, 6.07) is 8.28. The number of amides is 1. The average molecular weight is 457 g/mol. The summed E-state index contributed by atoms with van der Waals surface area (Å²) in [4.78, 5) is 20.0. The van der Waals surface area contributed by atoms with Gasteiger partial charge in [-0.05, 0) is 46.8 Å². The second kappa shape index (κ2) is 8.94. The zero-order valence-corrected chi connectivity index (χ0v) is 18.3. The van der Waals surface area contributed by atoms with Gasteiger partial charge in [0, 0.05) is 19.4 Å². The molecule has 3 rings (SSSR count). The lowest BCUT2D eigenvalue weighted by molar-refractivity contribution is -0.137. The fourth-order valence-corrected chi connectivity index (χ4v) is 3.42. The van der Waals surface area contributed by atoms with Gasteiger partial charge < -0.3 is 14.2 Å². The van der Waals surface area contributed by atoms with E-state index in [4.69, 9.17) is 20.9 Å². The highest BCUT2D eigenvalue weighted by molar-refractivity contribution is 6.29. The highest BCUT2D eigenvalue weighted by Crippen LogP contribution is 2.30. The number of benzene rings is 1. The van der Waals surface area contributed by atoms with Crippen molar-refractivity contribution in [3.05, 3.63) is 58.5 Å². The zero-order valence-electron chi connectivity index (χ0n) is 17.5. The van der Waals surface area contributed by atoms with E-state index in [9.17, 15) is 18.0 Å². The van der Waals surface area contributed by atoms with Crippen molar-refractivity contribution in [3.8, 4) is 0 Å². The summed E-state index contributed by atoms with van der Waals surface area (Å²) in [5, 5.41) is 4.25. The van der Waals surface area contributed by atoms with Gasteiger partial charge in [-0.2, -0.15) is 13.2 Å². The van der Waals surface area contributed by atoms with Gasteiger partial charge in [0.2, 0.25) is 5.91 Å².